The van der Waals surface area contributed by atoms with Crippen LogP contribution in [0.4, 0.5) is 21.3 Å². The number of aromatic hydroxyl groups is 1. The summed E-state index contributed by atoms with van der Waals surface area (Å²) in [5.41, 5.74) is 1.52. The van der Waals surface area contributed by atoms with Crippen molar-refractivity contribution in [3.8, 4) is 5.75 Å². The van der Waals surface area contributed by atoms with E-state index in [1.165, 1.54) is 29.5 Å². The number of phenolic OH excluding ortho intramolecular Hbond substituents is 1. The fourth-order valence-electron chi connectivity index (χ4n) is 2.66. The van der Waals surface area contributed by atoms with Gasteiger partial charge in [0.05, 0.1) is 15.1 Å². The maximum absolute atomic E-state index is 12.4. The first kappa shape index (κ1) is 19.7. The zero-order valence-corrected chi connectivity index (χ0v) is 17.0. The second kappa shape index (κ2) is 8.01. The van der Waals surface area contributed by atoms with Crippen LogP contribution in [0.5, 0.6) is 5.75 Å². The molecular weight excluding hydrogens is 424 g/mol. The van der Waals surface area contributed by atoms with E-state index in [2.05, 4.69) is 20.3 Å². The maximum atomic E-state index is 12.4. The molecule has 4 rings (SSSR count). The number of fused-ring (bicyclic) bond motifs is 1. The molecular formula is C20H16N4O4S2. The van der Waals surface area contributed by atoms with E-state index in [0.717, 1.165) is 4.70 Å². The quantitative estimate of drug-likeness (QED) is 0.365. The molecule has 3 aromatic carbocycles. The molecule has 0 saturated carbocycles. The van der Waals surface area contributed by atoms with Crippen molar-refractivity contribution in [1.29, 1.82) is 0 Å². The summed E-state index contributed by atoms with van der Waals surface area (Å²) < 4.78 is 27.9. The van der Waals surface area contributed by atoms with Crippen LogP contribution < -0.4 is 15.4 Å². The minimum Gasteiger partial charge on any atom is -0.508 e. The highest BCUT2D eigenvalue weighted by atomic mass is 32.2. The van der Waals surface area contributed by atoms with E-state index in [9.17, 15) is 18.3 Å². The number of nitrogens with zero attached hydrogens (tertiary/aromatic N) is 1. The number of carbonyl (C=O) groups excluding carboxylic acids is 1. The maximum Gasteiger partial charge on any atom is 0.325 e. The summed E-state index contributed by atoms with van der Waals surface area (Å²) in [5.74, 6) is 0.130. The molecule has 0 aliphatic heterocycles. The highest BCUT2D eigenvalue weighted by molar-refractivity contribution is 7.92. The third kappa shape index (κ3) is 4.50. The fourth-order valence-corrected chi connectivity index (χ4v) is 4.64. The lowest BCUT2D eigenvalue weighted by Crippen LogP contribution is -2.19. The molecule has 0 radical (unpaired) electrons. The van der Waals surface area contributed by atoms with E-state index < -0.39 is 16.1 Å². The monoisotopic (exact) mass is 440 g/mol. The molecule has 0 unspecified atom stereocenters. The van der Waals surface area contributed by atoms with Crippen LogP contribution in [0.3, 0.4) is 0 Å². The Morgan fingerprint density at radius 3 is 2.33 bits per heavy atom. The minimum absolute atomic E-state index is 0.130. The van der Waals surface area contributed by atoms with Crippen LogP contribution >= 0.6 is 11.3 Å². The third-order valence-electron chi connectivity index (χ3n) is 4.04. The molecule has 30 heavy (non-hydrogen) atoms. The van der Waals surface area contributed by atoms with Crippen molar-refractivity contribution in [2.45, 2.75) is 4.90 Å². The molecule has 10 heteroatoms. The van der Waals surface area contributed by atoms with Crippen molar-refractivity contribution in [2.75, 3.05) is 15.4 Å². The molecule has 8 nitrogen and oxygen atoms in total. The number of rotatable bonds is 5. The number of urea groups is 1. The summed E-state index contributed by atoms with van der Waals surface area (Å²) >= 11 is 1.24. The van der Waals surface area contributed by atoms with Crippen LogP contribution in [-0.2, 0) is 10.0 Å². The minimum atomic E-state index is -3.68. The number of anilines is 3. The smallest absolute Gasteiger partial charge is 0.325 e. The van der Waals surface area contributed by atoms with Crippen molar-refractivity contribution in [2.24, 2.45) is 0 Å². The number of amides is 2. The Kier molecular flexibility index (Phi) is 5.25. The Morgan fingerprint density at radius 1 is 0.900 bits per heavy atom. The van der Waals surface area contributed by atoms with Crippen LogP contribution in [0.1, 0.15) is 0 Å². The molecule has 4 aromatic rings. The van der Waals surface area contributed by atoms with Crippen LogP contribution in [0, 0.1) is 0 Å². The first-order valence-electron chi connectivity index (χ1n) is 8.74. The average molecular weight is 441 g/mol. The first-order chi connectivity index (χ1) is 14.4. The number of benzene rings is 3. The Hall–Kier alpha value is -3.63. The number of hydrogen-bond donors (Lipinski definition) is 4. The molecule has 1 heterocycles. The summed E-state index contributed by atoms with van der Waals surface area (Å²) in [4.78, 5) is 16.6. The van der Waals surface area contributed by atoms with Gasteiger partial charge in [-0.1, -0.05) is 29.5 Å². The van der Waals surface area contributed by atoms with Gasteiger partial charge in [-0.15, -0.1) is 0 Å². The number of hydrogen-bond acceptors (Lipinski definition) is 6. The molecule has 0 atom stereocenters. The summed E-state index contributed by atoms with van der Waals surface area (Å²) in [6.45, 7) is 0. The van der Waals surface area contributed by atoms with Gasteiger partial charge < -0.3 is 10.4 Å². The molecule has 1 aromatic heterocycles. The normalized spacial score (nSPS) is 11.2. The van der Waals surface area contributed by atoms with Crippen molar-refractivity contribution < 1.29 is 18.3 Å². The molecule has 0 fully saturated rings. The molecule has 0 saturated heterocycles. The van der Waals surface area contributed by atoms with E-state index in [1.54, 1.807) is 54.6 Å². The lowest BCUT2D eigenvalue weighted by Gasteiger charge is -2.09. The van der Waals surface area contributed by atoms with E-state index in [0.29, 0.717) is 22.0 Å². The topological polar surface area (TPSA) is 120 Å². The number of phenols is 1. The van der Waals surface area contributed by atoms with Crippen LogP contribution in [0.2, 0.25) is 0 Å². The SMILES string of the molecule is O=C(Nc1ccc(NS(=O)(=O)c2ccccc2)cc1)Nc1nc2ccc(O)cc2s1. The zero-order chi connectivity index (χ0) is 21.1. The van der Waals surface area contributed by atoms with Gasteiger partial charge in [0.25, 0.3) is 10.0 Å². The van der Waals surface area contributed by atoms with Gasteiger partial charge in [0, 0.05) is 11.4 Å². The van der Waals surface area contributed by atoms with Crippen molar-refractivity contribution in [3.63, 3.8) is 0 Å². The van der Waals surface area contributed by atoms with Gasteiger partial charge in [-0.2, -0.15) is 0 Å². The molecule has 0 aliphatic rings. The standard InChI is InChI=1S/C20H16N4O4S2/c25-15-10-11-17-18(12-15)29-20(22-17)23-19(26)21-13-6-8-14(9-7-13)24-30(27,28)16-4-2-1-3-5-16/h1-12,24-25H,(H2,21,22,23,26). The predicted octanol–water partition coefficient (Wildman–Crippen LogP) is 4.45. The van der Waals surface area contributed by atoms with Crippen LogP contribution in [-0.4, -0.2) is 24.5 Å². The van der Waals surface area contributed by atoms with Gasteiger partial charge in [0.15, 0.2) is 5.13 Å². The Labute approximate surface area is 176 Å². The molecule has 0 aliphatic carbocycles. The van der Waals surface area contributed by atoms with E-state index in [-0.39, 0.29) is 10.6 Å². The second-order valence-electron chi connectivity index (χ2n) is 6.25. The molecule has 4 N–H and O–H groups in total. The molecule has 0 spiro atoms. The Morgan fingerprint density at radius 2 is 1.60 bits per heavy atom. The van der Waals surface area contributed by atoms with Gasteiger partial charge in [-0.25, -0.2) is 18.2 Å². The molecule has 0 bridgehead atoms. The van der Waals surface area contributed by atoms with Crippen molar-refractivity contribution in [1.82, 2.24) is 4.98 Å². The van der Waals surface area contributed by atoms with E-state index in [4.69, 9.17) is 0 Å². The van der Waals surface area contributed by atoms with Gasteiger partial charge in [-0.05, 0) is 54.6 Å². The van der Waals surface area contributed by atoms with Gasteiger partial charge in [0.2, 0.25) is 0 Å². The Balaban J connectivity index is 1.39. The first-order valence-corrected chi connectivity index (χ1v) is 11.0. The number of carbonyl (C=O) groups is 1. The summed E-state index contributed by atoms with van der Waals surface area (Å²) in [6, 6.07) is 18.6. The van der Waals surface area contributed by atoms with E-state index >= 15 is 0 Å². The van der Waals surface area contributed by atoms with Gasteiger partial charge >= 0.3 is 6.03 Å². The van der Waals surface area contributed by atoms with E-state index in [1.807, 2.05) is 0 Å². The largest absolute Gasteiger partial charge is 0.508 e. The van der Waals surface area contributed by atoms with Crippen LogP contribution in [0.15, 0.2) is 77.7 Å². The lowest BCUT2D eigenvalue weighted by atomic mass is 10.3. The zero-order valence-electron chi connectivity index (χ0n) is 15.4. The molecule has 2 amide bonds. The van der Waals surface area contributed by atoms with Crippen LogP contribution in [0.25, 0.3) is 10.2 Å². The fraction of sp³-hybridized carbons (Fsp3) is 0. The Bertz CT molecular complexity index is 1300. The van der Waals surface area contributed by atoms with Crippen molar-refractivity contribution >= 4 is 54.1 Å². The van der Waals surface area contributed by atoms with Crippen molar-refractivity contribution in [3.05, 3.63) is 72.8 Å². The molecule has 152 valence electrons. The van der Waals surface area contributed by atoms with Gasteiger partial charge in [-0.3, -0.25) is 10.0 Å². The lowest BCUT2D eigenvalue weighted by molar-refractivity contribution is 0.262. The summed E-state index contributed by atoms with van der Waals surface area (Å²) in [6.07, 6.45) is 0. The van der Waals surface area contributed by atoms with Gasteiger partial charge in [0.1, 0.15) is 5.75 Å². The number of aromatic nitrogens is 1. The highest BCUT2D eigenvalue weighted by Gasteiger charge is 2.13. The number of nitrogens with one attached hydrogen (secondary N) is 3. The highest BCUT2D eigenvalue weighted by Crippen LogP contribution is 2.28. The average Bonchev–Trinajstić information content (AvgIpc) is 3.11. The number of sulfonamides is 1. The predicted molar refractivity (Wildman–Crippen MR) is 118 cm³/mol. The summed E-state index contributed by atoms with van der Waals surface area (Å²) in [5, 5.41) is 15.2. The number of thiazole rings is 1. The third-order valence-corrected chi connectivity index (χ3v) is 6.37. The second-order valence-corrected chi connectivity index (χ2v) is 8.96. The summed E-state index contributed by atoms with van der Waals surface area (Å²) in [7, 11) is -3.68.